The Kier molecular flexibility index (Phi) is 5.26. The molecule has 1 aliphatic rings. The number of ether oxygens (including phenoxy) is 1. The number of guanidine groups is 1. The number of hydrogen-bond acceptors (Lipinski definition) is 2. The quantitative estimate of drug-likeness (QED) is 0.648. The van der Waals surface area contributed by atoms with Gasteiger partial charge in [0.2, 0.25) is 0 Å². The lowest BCUT2D eigenvalue weighted by molar-refractivity contribution is -0.0971. The van der Waals surface area contributed by atoms with Crippen molar-refractivity contribution >= 4 is 17.6 Å². The zero-order chi connectivity index (χ0) is 14.4. The molecule has 2 N–H and O–H groups in total. The molecule has 5 heteroatoms. The van der Waals surface area contributed by atoms with Crippen LogP contribution in [0.4, 0.5) is 0 Å². The van der Waals surface area contributed by atoms with E-state index in [2.05, 4.69) is 29.5 Å². The first-order valence-electron chi connectivity index (χ1n) is 6.96. The van der Waals surface area contributed by atoms with Crippen LogP contribution in [0.3, 0.4) is 0 Å². The smallest absolute Gasteiger partial charge is 0.191 e. The van der Waals surface area contributed by atoms with Gasteiger partial charge < -0.3 is 15.4 Å². The summed E-state index contributed by atoms with van der Waals surface area (Å²) in [5.41, 5.74) is 1.25. The lowest BCUT2D eigenvalue weighted by atomic mass is 9.89. The van der Waals surface area contributed by atoms with Gasteiger partial charge in [0.1, 0.15) is 0 Å². The first-order valence-corrected chi connectivity index (χ1v) is 7.34. The van der Waals surface area contributed by atoms with E-state index >= 15 is 0 Å². The largest absolute Gasteiger partial charge is 0.380 e. The summed E-state index contributed by atoms with van der Waals surface area (Å²) in [6.45, 7) is 8.15. The van der Waals surface area contributed by atoms with Crippen LogP contribution in [0, 0.1) is 5.41 Å². The molecule has 1 aromatic carbocycles. The van der Waals surface area contributed by atoms with Crippen LogP contribution in [0.1, 0.15) is 19.4 Å². The summed E-state index contributed by atoms with van der Waals surface area (Å²) in [6, 6.07) is 7.79. The highest BCUT2D eigenvalue weighted by atomic mass is 35.5. The Morgan fingerprint density at radius 2 is 2.10 bits per heavy atom. The van der Waals surface area contributed by atoms with Crippen LogP contribution in [0.5, 0.6) is 0 Å². The topological polar surface area (TPSA) is 45.7 Å². The zero-order valence-corrected chi connectivity index (χ0v) is 12.8. The molecule has 0 aromatic heterocycles. The van der Waals surface area contributed by atoms with Crippen molar-refractivity contribution in [1.82, 2.24) is 10.6 Å². The van der Waals surface area contributed by atoms with Gasteiger partial charge in [-0.1, -0.05) is 36.7 Å². The van der Waals surface area contributed by atoms with Crippen LogP contribution in [0.2, 0.25) is 5.02 Å². The van der Waals surface area contributed by atoms with Crippen LogP contribution >= 0.6 is 11.6 Å². The lowest BCUT2D eigenvalue weighted by Crippen LogP contribution is -2.51. The van der Waals surface area contributed by atoms with Gasteiger partial charge in [0, 0.05) is 23.5 Å². The van der Waals surface area contributed by atoms with Gasteiger partial charge in [0.25, 0.3) is 0 Å². The third kappa shape index (κ3) is 4.12. The molecule has 0 aliphatic carbocycles. The van der Waals surface area contributed by atoms with E-state index in [4.69, 9.17) is 16.3 Å². The molecule has 4 nitrogen and oxygen atoms in total. The second-order valence-corrected chi connectivity index (χ2v) is 5.85. The minimum atomic E-state index is 0.223. The molecular formula is C15H22ClN3O. The number of halogens is 1. The van der Waals surface area contributed by atoms with Crippen molar-refractivity contribution in [3.05, 3.63) is 34.9 Å². The molecule has 2 rings (SSSR count). The third-order valence-corrected chi connectivity index (χ3v) is 3.66. The van der Waals surface area contributed by atoms with E-state index < -0.39 is 0 Å². The SMILES string of the molecule is CCNC(=NCc1ccccc1Cl)NCC1(C)COC1. The molecule has 1 aromatic rings. The average molecular weight is 296 g/mol. The van der Waals surface area contributed by atoms with Crippen molar-refractivity contribution in [2.45, 2.75) is 20.4 Å². The van der Waals surface area contributed by atoms with Gasteiger partial charge in [-0.3, -0.25) is 0 Å². The molecule has 20 heavy (non-hydrogen) atoms. The van der Waals surface area contributed by atoms with Crippen molar-refractivity contribution < 1.29 is 4.74 Å². The molecule has 0 saturated carbocycles. The lowest BCUT2D eigenvalue weighted by Gasteiger charge is -2.38. The summed E-state index contributed by atoms with van der Waals surface area (Å²) in [5.74, 6) is 0.820. The van der Waals surface area contributed by atoms with Gasteiger partial charge >= 0.3 is 0 Å². The summed E-state index contributed by atoms with van der Waals surface area (Å²) in [6.07, 6.45) is 0. The number of hydrogen-bond donors (Lipinski definition) is 2. The van der Waals surface area contributed by atoms with Crippen LogP contribution in [-0.4, -0.2) is 32.3 Å². The van der Waals surface area contributed by atoms with E-state index in [1.807, 2.05) is 24.3 Å². The van der Waals surface area contributed by atoms with Gasteiger partial charge in [0.15, 0.2) is 5.96 Å². The Bertz CT molecular complexity index is 472. The van der Waals surface area contributed by atoms with Crippen LogP contribution in [-0.2, 0) is 11.3 Å². The highest BCUT2D eigenvalue weighted by molar-refractivity contribution is 6.31. The van der Waals surface area contributed by atoms with Gasteiger partial charge in [-0.15, -0.1) is 0 Å². The predicted octanol–water partition coefficient (Wildman–Crippen LogP) is 2.43. The molecule has 1 heterocycles. The minimum Gasteiger partial charge on any atom is -0.380 e. The highest BCUT2D eigenvalue weighted by Gasteiger charge is 2.33. The monoisotopic (exact) mass is 295 g/mol. The highest BCUT2D eigenvalue weighted by Crippen LogP contribution is 2.25. The molecule has 1 fully saturated rings. The van der Waals surface area contributed by atoms with Crippen molar-refractivity contribution in [2.24, 2.45) is 10.4 Å². The van der Waals surface area contributed by atoms with Crippen molar-refractivity contribution in [2.75, 3.05) is 26.3 Å². The Morgan fingerprint density at radius 1 is 1.35 bits per heavy atom. The molecular weight excluding hydrogens is 274 g/mol. The number of aliphatic imine (C=N–C) groups is 1. The van der Waals surface area contributed by atoms with E-state index in [0.717, 1.165) is 42.8 Å². The Balaban J connectivity index is 1.93. The second-order valence-electron chi connectivity index (χ2n) is 5.44. The first-order chi connectivity index (χ1) is 9.63. The summed E-state index contributed by atoms with van der Waals surface area (Å²) in [5, 5.41) is 7.37. The molecule has 0 atom stereocenters. The van der Waals surface area contributed by atoms with Gasteiger partial charge in [0.05, 0.1) is 19.8 Å². The maximum atomic E-state index is 6.14. The van der Waals surface area contributed by atoms with E-state index in [1.54, 1.807) is 0 Å². The molecule has 0 amide bonds. The van der Waals surface area contributed by atoms with Crippen LogP contribution < -0.4 is 10.6 Å². The van der Waals surface area contributed by atoms with Crippen molar-refractivity contribution in [3.63, 3.8) is 0 Å². The summed E-state index contributed by atoms with van der Waals surface area (Å²) < 4.78 is 5.26. The molecule has 0 spiro atoms. The van der Waals surface area contributed by atoms with Crippen LogP contribution in [0.25, 0.3) is 0 Å². The predicted molar refractivity (Wildman–Crippen MR) is 83.2 cm³/mol. The first kappa shape index (κ1) is 15.1. The standard InChI is InChI=1S/C15H22ClN3O/c1-3-17-14(19-9-15(2)10-20-11-15)18-8-12-6-4-5-7-13(12)16/h4-7H,3,8-11H2,1-2H3,(H2,17,18,19). The number of nitrogens with one attached hydrogen (secondary N) is 2. The Hall–Kier alpha value is -1.26. The fraction of sp³-hybridized carbons (Fsp3) is 0.533. The normalized spacial score (nSPS) is 17.4. The zero-order valence-electron chi connectivity index (χ0n) is 12.1. The Morgan fingerprint density at radius 3 is 2.70 bits per heavy atom. The fourth-order valence-electron chi connectivity index (χ4n) is 1.98. The van der Waals surface area contributed by atoms with Gasteiger partial charge in [-0.05, 0) is 18.6 Å². The van der Waals surface area contributed by atoms with E-state index in [-0.39, 0.29) is 5.41 Å². The summed E-state index contributed by atoms with van der Waals surface area (Å²) in [4.78, 5) is 4.58. The average Bonchev–Trinajstić information content (AvgIpc) is 2.41. The fourth-order valence-corrected chi connectivity index (χ4v) is 2.18. The molecule has 110 valence electrons. The third-order valence-electron chi connectivity index (χ3n) is 3.29. The molecule has 0 unspecified atom stereocenters. The molecule has 1 saturated heterocycles. The maximum absolute atomic E-state index is 6.14. The minimum absolute atomic E-state index is 0.223. The van der Waals surface area contributed by atoms with Crippen molar-refractivity contribution in [3.8, 4) is 0 Å². The molecule has 0 radical (unpaired) electrons. The van der Waals surface area contributed by atoms with Gasteiger partial charge in [-0.2, -0.15) is 0 Å². The van der Waals surface area contributed by atoms with Gasteiger partial charge in [-0.25, -0.2) is 4.99 Å². The molecule has 1 aliphatic heterocycles. The summed E-state index contributed by atoms with van der Waals surface area (Å²) in [7, 11) is 0. The number of nitrogens with zero attached hydrogens (tertiary/aromatic N) is 1. The Labute approximate surface area is 125 Å². The van der Waals surface area contributed by atoms with Crippen LogP contribution in [0.15, 0.2) is 29.3 Å². The van der Waals surface area contributed by atoms with E-state index in [9.17, 15) is 0 Å². The molecule has 0 bridgehead atoms. The number of rotatable bonds is 5. The number of benzene rings is 1. The second kappa shape index (κ2) is 6.95. The van der Waals surface area contributed by atoms with E-state index in [0.29, 0.717) is 6.54 Å². The maximum Gasteiger partial charge on any atom is 0.191 e. The van der Waals surface area contributed by atoms with Crippen molar-refractivity contribution in [1.29, 1.82) is 0 Å². The van der Waals surface area contributed by atoms with E-state index in [1.165, 1.54) is 0 Å². The summed E-state index contributed by atoms with van der Waals surface area (Å²) >= 11 is 6.14.